The Kier molecular flexibility index (Phi) is 4.79. The van der Waals surface area contributed by atoms with Crippen LogP contribution >= 0.6 is 22.7 Å². The van der Waals surface area contributed by atoms with Gasteiger partial charge in [0.05, 0.1) is 5.69 Å². The van der Waals surface area contributed by atoms with Gasteiger partial charge in [-0.1, -0.05) is 72.8 Å². The molecule has 0 fully saturated rings. The van der Waals surface area contributed by atoms with Gasteiger partial charge in [0.15, 0.2) is 0 Å². The second kappa shape index (κ2) is 7.96. The third-order valence-electron chi connectivity index (χ3n) is 5.83. The smallest absolute Gasteiger partial charge is 0.205 e. The molecule has 3 aromatic heterocycles. The van der Waals surface area contributed by atoms with E-state index in [0.717, 1.165) is 31.8 Å². The molecule has 2 N–H and O–H groups in total. The van der Waals surface area contributed by atoms with Crippen molar-refractivity contribution in [2.24, 2.45) is 0 Å². The zero-order valence-corrected chi connectivity index (χ0v) is 19.1. The van der Waals surface area contributed by atoms with E-state index in [1.54, 1.807) is 11.3 Å². The number of carbonyl (C=O) groups excluding carboxylic acids is 1. The maximum Gasteiger partial charge on any atom is 0.205 e. The normalized spacial score (nSPS) is 11.3. The fourth-order valence-electron chi connectivity index (χ4n) is 4.23. The van der Waals surface area contributed by atoms with Gasteiger partial charge in [-0.2, -0.15) is 0 Å². The number of hydrogen-bond acceptors (Lipinski definition) is 5. The Bertz CT molecular complexity index is 1630. The van der Waals surface area contributed by atoms with E-state index < -0.39 is 0 Å². The van der Waals surface area contributed by atoms with Gasteiger partial charge < -0.3 is 5.73 Å². The minimum atomic E-state index is -0.0690. The van der Waals surface area contributed by atoms with Crippen LogP contribution in [0.2, 0.25) is 0 Å². The highest BCUT2D eigenvalue weighted by Crippen LogP contribution is 2.46. The fraction of sp³-hybridized carbons (Fsp3) is 0. The Morgan fingerprint density at radius 1 is 0.848 bits per heavy atom. The molecule has 3 aromatic carbocycles. The molecular formula is C28H18N2OS2. The molecule has 0 atom stereocenters. The van der Waals surface area contributed by atoms with Crippen molar-refractivity contribution in [3.63, 3.8) is 0 Å². The zero-order chi connectivity index (χ0) is 22.4. The highest BCUT2D eigenvalue weighted by molar-refractivity contribution is 7.21. The molecule has 0 unspecified atom stereocenters. The van der Waals surface area contributed by atoms with E-state index in [-0.39, 0.29) is 5.78 Å². The summed E-state index contributed by atoms with van der Waals surface area (Å²) in [5.41, 5.74) is 10.9. The standard InChI is InChI=1S/C28H18N2OS2/c29-25-24-23(22-11-6-14-32-22)21(20-13-12-17-7-4-5-10-19(17)15-20)16-30-28(24)33-27(25)26(31)18-8-2-1-3-9-18/h1-16H,29H2. The van der Waals surface area contributed by atoms with Crippen LogP contribution in [0.4, 0.5) is 5.69 Å². The van der Waals surface area contributed by atoms with Gasteiger partial charge in [-0.3, -0.25) is 4.79 Å². The first-order valence-corrected chi connectivity index (χ1v) is 12.2. The van der Waals surface area contributed by atoms with E-state index in [4.69, 9.17) is 10.7 Å². The summed E-state index contributed by atoms with van der Waals surface area (Å²) in [6.07, 6.45) is 1.91. The van der Waals surface area contributed by atoms with Crippen molar-refractivity contribution in [3.8, 4) is 21.6 Å². The Balaban J connectivity index is 1.62. The molecule has 3 nitrogen and oxygen atoms in total. The predicted octanol–water partition coefficient (Wildman–Crippen LogP) is 7.66. The lowest BCUT2D eigenvalue weighted by atomic mass is 9.95. The molecule has 0 radical (unpaired) electrons. The van der Waals surface area contributed by atoms with Crippen molar-refractivity contribution >= 4 is 55.1 Å². The van der Waals surface area contributed by atoms with E-state index in [1.807, 2.05) is 54.7 Å². The SMILES string of the molecule is Nc1c(C(=O)c2ccccc2)sc2ncc(-c3ccc4ccccc4c3)c(-c3cccs3)c12. The number of nitrogen functional groups attached to an aromatic ring is 1. The van der Waals surface area contributed by atoms with Gasteiger partial charge >= 0.3 is 0 Å². The van der Waals surface area contributed by atoms with Crippen molar-refractivity contribution in [1.29, 1.82) is 0 Å². The molecule has 5 heteroatoms. The molecule has 0 aliphatic heterocycles. The van der Waals surface area contributed by atoms with Crippen LogP contribution in [0.1, 0.15) is 15.2 Å². The summed E-state index contributed by atoms with van der Waals surface area (Å²) in [4.78, 5) is 20.4. The molecule has 0 saturated heterocycles. The minimum absolute atomic E-state index is 0.0690. The zero-order valence-electron chi connectivity index (χ0n) is 17.5. The maximum absolute atomic E-state index is 13.2. The Hall–Kier alpha value is -3.80. The summed E-state index contributed by atoms with van der Waals surface area (Å²) in [6, 6.07) is 28.2. The number of fused-ring (bicyclic) bond motifs is 2. The Labute approximate surface area is 198 Å². The molecule has 3 heterocycles. The number of nitrogens with two attached hydrogens (primary N) is 1. The quantitative estimate of drug-likeness (QED) is 0.274. The number of hydrogen-bond donors (Lipinski definition) is 1. The number of anilines is 1. The molecular weight excluding hydrogens is 444 g/mol. The third kappa shape index (κ3) is 3.33. The highest BCUT2D eigenvalue weighted by atomic mass is 32.1. The summed E-state index contributed by atoms with van der Waals surface area (Å²) in [7, 11) is 0. The van der Waals surface area contributed by atoms with Crippen LogP contribution < -0.4 is 5.73 Å². The van der Waals surface area contributed by atoms with Gasteiger partial charge in [0.2, 0.25) is 5.78 Å². The van der Waals surface area contributed by atoms with Gasteiger partial charge in [0.1, 0.15) is 9.71 Å². The predicted molar refractivity (Wildman–Crippen MR) is 140 cm³/mol. The monoisotopic (exact) mass is 462 g/mol. The second-order valence-electron chi connectivity index (χ2n) is 7.81. The van der Waals surface area contributed by atoms with E-state index in [9.17, 15) is 4.79 Å². The summed E-state index contributed by atoms with van der Waals surface area (Å²) in [5, 5.41) is 5.28. The van der Waals surface area contributed by atoms with Crippen molar-refractivity contribution in [2.75, 3.05) is 5.73 Å². The van der Waals surface area contributed by atoms with Gasteiger partial charge in [-0.05, 0) is 33.8 Å². The first-order chi connectivity index (χ1) is 16.2. The lowest BCUT2D eigenvalue weighted by Gasteiger charge is -2.11. The molecule has 158 valence electrons. The summed E-state index contributed by atoms with van der Waals surface area (Å²) in [5.74, 6) is -0.0690. The average Bonchev–Trinajstić information content (AvgIpc) is 3.52. The number of aromatic nitrogens is 1. The van der Waals surface area contributed by atoms with Gasteiger partial charge in [0.25, 0.3) is 0 Å². The number of rotatable bonds is 4. The van der Waals surface area contributed by atoms with Gasteiger partial charge in [-0.15, -0.1) is 22.7 Å². The number of thiophene rings is 2. The lowest BCUT2D eigenvalue weighted by molar-refractivity contribution is 0.104. The molecule has 0 spiro atoms. The fourth-order valence-corrected chi connectivity index (χ4v) is 6.05. The van der Waals surface area contributed by atoms with Crippen LogP contribution in [-0.4, -0.2) is 10.8 Å². The van der Waals surface area contributed by atoms with E-state index in [0.29, 0.717) is 16.1 Å². The largest absolute Gasteiger partial charge is 0.397 e. The van der Waals surface area contributed by atoms with Crippen LogP contribution in [0, 0.1) is 0 Å². The van der Waals surface area contributed by atoms with E-state index in [2.05, 4.69) is 41.8 Å². The number of benzene rings is 3. The first-order valence-electron chi connectivity index (χ1n) is 10.5. The number of carbonyl (C=O) groups is 1. The Morgan fingerprint density at radius 2 is 1.64 bits per heavy atom. The van der Waals surface area contributed by atoms with E-state index in [1.165, 1.54) is 22.1 Å². The number of nitrogens with zero attached hydrogens (tertiary/aromatic N) is 1. The van der Waals surface area contributed by atoms with Gasteiger partial charge in [0, 0.05) is 33.2 Å². The molecule has 0 aliphatic rings. The third-order valence-corrected chi connectivity index (χ3v) is 7.83. The summed E-state index contributed by atoms with van der Waals surface area (Å²) < 4.78 is 0. The van der Waals surface area contributed by atoms with Crippen molar-refractivity contribution < 1.29 is 4.79 Å². The number of pyridine rings is 1. The Morgan fingerprint density at radius 3 is 2.42 bits per heavy atom. The van der Waals surface area contributed by atoms with Crippen LogP contribution in [0.25, 0.3) is 42.6 Å². The minimum Gasteiger partial charge on any atom is -0.397 e. The van der Waals surface area contributed by atoms with Crippen LogP contribution in [0.3, 0.4) is 0 Å². The van der Waals surface area contributed by atoms with Crippen LogP contribution in [-0.2, 0) is 0 Å². The summed E-state index contributed by atoms with van der Waals surface area (Å²) in [6.45, 7) is 0. The first kappa shape index (κ1) is 19.9. The van der Waals surface area contributed by atoms with Crippen molar-refractivity contribution in [1.82, 2.24) is 4.98 Å². The topological polar surface area (TPSA) is 56.0 Å². The highest BCUT2D eigenvalue weighted by Gasteiger charge is 2.24. The second-order valence-corrected chi connectivity index (χ2v) is 9.75. The van der Waals surface area contributed by atoms with E-state index >= 15 is 0 Å². The molecule has 0 amide bonds. The van der Waals surface area contributed by atoms with Crippen LogP contribution in [0.5, 0.6) is 0 Å². The molecule has 0 saturated carbocycles. The lowest BCUT2D eigenvalue weighted by Crippen LogP contribution is -2.01. The molecule has 6 aromatic rings. The number of ketones is 1. The van der Waals surface area contributed by atoms with Gasteiger partial charge in [-0.25, -0.2) is 4.98 Å². The molecule has 0 aliphatic carbocycles. The molecule has 33 heavy (non-hydrogen) atoms. The van der Waals surface area contributed by atoms with Crippen LogP contribution in [0.15, 0.2) is 96.5 Å². The molecule has 0 bridgehead atoms. The summed E-state index contributed by atoms with van der Waals surface area (Å²) >= 11 is 3.03. The van der Waals surface area contributed by atoms with Crippen molar-refractivity contribution in [3.05, 3.63) is 107 Å². The average molecular weight is 463 g/mol. The maximum atomic E-state index is 13.2. The molecule has 6 rings (SSSR count). The van der Waals surface area contributed by atoms with Crippen molar-refractivity contribution in [2.45, 2.75) is 0 Å².